The highest BCUT2D eigenvalue weighted by molar-refractivity contribution is 7.08. The molecule has 2 N–H and O–H groups in total. The Kier molecular flexibility index (Phi) is 6.00. The summed E-state index contributed by atoms with van der Waals surface area (Å²) in [6, 6.07) is 20.4. The second-order valence-electron chi connectivity index (χ2n) is 8.08. The normalized spacial score (nSPS) is 18.5. The Morgan fingerprint density at radius 1 is 0.967 bits per heavy atom. The van der Waals surface area contributed by atoms with E-state index in [1.54, 1.807) is 11.3 Å². The highest BCUT2D eigenvalue weighted by atomic mass is 32.1. The molecule has 1 saturated heterocycles. The van der Waals surface area contributed by atoms with Crippen molar-refractivity contribution in [3.63, 3.8) is 0 Å². The van der Waals surface area contributed by atoms with Crippen molar-refractivity contribution in [1.29, 1.82) is 0 Å². The Morgan fingerprint density at radius 2 is 1.73 bits per heavy atom. The first-order valence-corrected chi connectivity index (χ1v) is 11.2. The van der Waals surface area contributed by atoms with Crippen LogP contribution in [0.1, 0.15) is 24.0 Å². The van der Waals surface area contributed by atoms with Crippen molar-refractivity contribution in [3.05, 3.63) is 82.6 Å². The van der Waals surface area contributed by atoms with Crippen molar-refractivity contribution in [3.8, 4) is 11.1 Å². The lowest BCUT2D eigenvalue weighted by atomic mass is 9.80. The SMILES string of the molecule is NC(=O)C1(Cc2ccc(-c3ccsc3)cc2)CCN(C(=O)CCc2ccccc2)C1. The van der Waals surface area contributed by atoms with Crippen LogP contribution < -0.4 is 5.73 Å². The minimum Gasteiger partial charge on any atom is -0.369 e. The van der Waals surface area contributed by atoms with E-state index < -0.39 is 5.41 Å². The van der Waals surface area contributed by atoms with Gasteiger partial charge in [0.25, 0.3) is 0 Å². The maximum absolute atomic E-state index is 12.7. The lowest BCUT2D eigenvalue weighted by Crippen LogP contribution is -2.42. The van der Waals surface area contributed by atoms with Crippen molar-refractivity contribution in [2.24, 2.45) is 11.1 Å². The minimum absolute atomic E-state index is 0.0924. The number of carbonyl (C=O) groups excluding carboxylic acids is 2. The van der Waals surface area contributed by atoms with Gasteiger partial charge in [0.2, 0.25) is 11.8 Å². The standard InChI is InChI=1S/C25H26N2O2S/c26-24(29)25(16-20-6-9-21(10-7-20)22-12-15-30-17-22)13-14-27(18-25)23(28)11-8-19-4-2-1-3-5-19/h1-7,9-10,12,15,17H,8,11,13-14,16,18H2,(H2,26,29). The van der Waals surface area contributed by atoms with Gasteiger partial charge in [0.15, 0.2) is 0 Å². The first-order chi connectivity index (χ1) is 14.6. The first-order valence-electron chi connectivity index (χ1n) is 10.3. The third-order valence-electron chi connectivity index (χ3n) is 6.05. The van der Waals surface area contributed by atoms with Gasteiger partial charge < -0.3 is 10.6 Å². The summed E-state index contributed by atoms with van der Waals surface area (Å²) in [6.07, 6.45) is 2.35. The van der Waals surface area contributed by atoms with Gasteiger partial charge in [0.05, 0.1) is 5.41 Å². The fourth-order valence-corrected chi connectivity index (χ4v) is 4.87. The van der Waals surface area contributed by atoms with E-state index in [2.05, 4.69) is 41.1 Å². The Bertz CT molecular complexity index is 999. The van der Waals surface area contributed by atoms with E-state index >= 15 is 0 Å². The number of amides is 2. The van der Waals surface area contributed by atoms with Gasteiger partial charge in [0, 0.05) is 19.5 Å². The summed E-state index contributed by atoms with van der Waals surface area (Å²) in [5, 5.41) is 4.18. The molecule has 2 heterocycles. The third kappa shape index (κ3) is 4.46. The number of aryl methyl sites for hydroxylation is 1. The number of rotatable bonds is 7. The van der Waals surface area contributed by atoms with Crippen molar-refractivity contribution in [2.75, 3.05) is 13.1 Å². The molecular weight excluding hydrogens is 392 g/mol. The van der Waals surface area contributed by atoms with Crippen LogP contribution in [0.15, 0.2) is 71.4 Å². The van der Waals surface area contributed by atoms with Crippen LogP contribution in [-0.2, 0) is 22.4 Å². The molecule has 30 heavy (non-hydrogen) atoms. The second-order valence-corrected chi connectivity index (χ2v) is 8.86. The zero-order valence-electron chi connectivity index (χ0n) is 16.9. The maximum atomic E-state index is 12.7. The quantitative estimate of drug-likeness (QED) is 0.622. The van der Waals surface area contributed by atoms with Crippen LogP contribution in [0.2, 0.25) is 0 Å². The van der Waals surface area contributed by atoms with Crippen molar-refractivity contribution >= 4 is 23.2 Å². The zero-order valence-corrected chi connectivity index (χ0v) is 17.7. The summed E-state index contributed by atoms with van der Waals surface area (Å²) in [6.45, 7) is 0.992. The topological polar surface area (TPSA) is 63.4 Å². The average molecular weight is 419 g/mol. The van der Waals surface area contributed by atoms with Crippen molar-refractivity contribution in [2.45, 2.75) is 25.7 Å². The fraction of sp³-hybridized carbons (Fsp3) is 0.280. The number of nitrogens with two attached hydrogens (primary N) is 1. The Balaban J connectivity index is 1.41. The molecule has 2 aromatic carbocycles. The monoisotopic (exact) mass is 418 g/mol. The molecule has 1 aliphatic rings. The van der Waals surface area contributed by atoms with Crippen LogP contribution in [0, 0.1) is 5.41 Å². The van der Waals surface area contributed by atoms with E-state index in [1.165, 1.54) is 5.56 Å². The van der Waals surface area contributed by atoms with Gasteiger partial charge in [-0.05, 0) is 58.3 Å². The Hall–Kier alpha value is -2.92. The molecular formula is C25H26N2O2S. The molecule has 1 unspecified atom stereocenters. The lowest BCUT2D eigenvalue weighted by molar-refractivity contribution is -0.132. The molecule has 0 aliphatic carbocycles. The Labute approximate surface area is 181 Å². The summed E-state index contributed by atoms with van der Waals surface area (Å²) in [7, 11) is 0. The van der Waals surface area contributed by atoms with E-state index in [9.17, 15) is 9.59 Å². The van der Waals surface area contributed by atoms with Gasteiger partial charge in [-0.15, -0.1) is 0 Å². The molecule has 154 valence electrons. The fourth-order valence-electron chi connectivity index (χ4n) is 4.21. The number of hydrogen-bond acceptors (Lipinski definition) is 3. The highest BCUT2D eigenvalue weighted by Gasteiger charge is 2.44. The largest absolute Gasteiger partial charge is 0.369 e. The summed E-state index contributed by atoms with van der Waals surface area (Å²) in [5.74, 6) is -0.224. The van der Waals surface area contributed by atoms with Crippen LogP contribution >= 0.6 is 11.3 Å². The van der Waals surface area contributed by atoms with Crippen LogP contribution in [0.25, 0.3) is 11.1 Å². The van der Waals surface area contributed by atoms with E-state index in [0.717, 1.165) is 16.7 Å². The van der Waals surface area contributed by atoms with E-state index in [1.807, 2.05) is 35.2 Å². The van der Waals surface area contributed by atoms with Gasteiger partial charge >= 0.3 is 0 Å². The molecule has 4 nitrogen and oxygen atoms in total. The van der Waals surface area contributed by atoms with Crippen molar-refractivity contribution in [1.82, 2.24) is 4.90 Å². The van der Waals surface area contributed by atoms with Crippen LogP contribution in [-0.4, -0.2) is 29.8 Å². The molecule has 0 radical (unpaired) electrons. The molecule has 1 fully saturated rings. The second kappa shape index (κ2) is 8.84. The average Bonchev–Trinajstić information content (AvgIpc) is 3.45. The third-order valence-corrected chi connectivity index (χ3v) is 6.73. The van der Waals surface area contributed by atoms with E-state index in [-0.39, 0.29) is 11.8 Å². The predicted molar refractivity (Wildman–Crippen MR) is 121 cm³/mol. The number of nitrogens with zero attached hydrogens (tertiary/aromatic N) is 1. The van der Waals surface area contributed by atoms with Gasteiger partial charge in [-0.2, -0.15) is 11.3 Å². The molecule has 1 aliphatic heterocycles. The number of primary amides is 1. The van der Waals surface area contributed by atoms with Crippen LogP contribution in [0.5, 0.6) is 0 Å². The van der Waals surface area contributed by atoms with E-state index in [0.29, 0.717) is 38.8 Å². The molecule has 2 amide bonds. The molecule has 1 aromatic heterocycles. The molecule has 0 saturated carbocycles. The van der Waals surface area contributed by atoms with Gasteiger partial charge in [-0.1, -0.05) is 54.6 Å². The number of hydrogen-bond donors (Lipinski definition) is 1. The summed E-state index contributed by atoms with van der Waals surface area (Å²) in [5.41, 5.74) is 9.74. The maximum Gasteiger partial charge on any atom is 0.225 e. The van der Waals surface area contributed by atoms with Crippen LogP contribution in [0.3, 0.4) is 0 Å². The predicted octanol–water partition coefficient (Wildman–Crippen LogP) is 4.29. The molecule has 5 heteroatoms. The van der Waals surface area contributed by atoms with Gasteiger partial charge in [-0.25, -0.2) is 0 Å². The smallest absolute Gasteiger partial charge is 0.225 e. The molecule has 0 spiro atoms. The number of benzene rings is 2. The number of likely N-dealkylation sites (tertiary alicyclic amines) is 1. The number of carbonyl (C=O) groups is 2. The summed E-state index contributed by atoms with van der Waals surface area (Å²) >= 11 is 1.67. The van der Waals surface area contributed by atoms with Gasteiger partial charge in [0.1, 0.15) is 0 Å². The zero-order chi connectivity index (χ0) is 21.0. The highest BCUT2D eigenvalue weighted by Crippen LogP contribution is 2.35. The molecule has 1 atom stereocenters. The van der Waals surface area contributed by atoms with Gasteiger partial charge in [-0.3, -0.25) is 9.59 Å². The molecule has 0 bridgehead atoms. The molecule has 3 aromatic rings. The lowest BCUT2D eigenvalue weighted by Gasteiger charge is -2.26. The van der Waals surface area contributed by atoms with Crippen LogP contribution in [0.4, 0.5) is 0 Å². The Morgan fingerprint density at radius 3 is 2.40 bits per heavy atom. The molecule has 4 rings (SSSR count). The summed E-state index contributed by atoms with van der Waals surface area (Å²) < 4.78 is 0. The first kappa shape index (κ1) is 20.4. The summed E-state index contributed by atoms with van der Waals surface area (Å²) in [4.78, 5) is 27.0. The van der Waals surface area contributed by atoms with Crippen molar-refractivity contribution < 1.29 is 9.59 Å². The minimum atomic E-state index is -0.688. The van der Waals surface area contributed by atoms with E-state index in [4.69, 9.17) is 5.73 Å². The number of thiophene rings is 1.